The lowest BCUT2D eigenvalue weighted by Gasteiger charge is -2.11. The average molecular weight is 402 g/mol. The van der Waals surface area contributed by atoms with Crippen LogP contribution in [0, 0.1) is 0 Å². The first-order valence-corrected chi connectivity index (χ1v) is 8.73. The summed E-state index contributed by atoms with van der Waals surface area (Å²) < 4.78 is 49.2. The Morgan fingerprint density at radius 3 is 1.79 bits per heavy atom. The fourth-order valence-electron chi connectivity index (χ4n) is 2.56. The Balaban J connectivity index is 1.64. The Labute approximate surface area is 165 Å². The highest BCUT2D eigenvalue weighted by atomic mass is 19.4. The molecule has 1 N–H and O–H groups in total. The van der Waals surface area contributed by atoms with Crippen LogP contribution in [-0.2, 0) is 17.4 Å². The van der Waals surface area contributed by atoms with E-state index in [4.69, 9.17) is 14.6 Å². The Kier molecular flexibility index (Phi) is 6.07. The molecular weight excluding hydrogens is 385 g/mol. The number of carbonyl (C=O) groups is 1. The van der Waals surface area contributed by atoms with Crippen molar-refractivity contribution in [2.75, 3.05) is 0 Å². The number of carboxylic acids is 1. The third kappa shape index (κ3) is 6.00. The number of rotatable bonds is 7. The maximum atomic E-state index is 12.6. The van der Waals surface area contributed by atoms with Crippen LogP contribution in [0.2, 0.25) is 0 Å². The van der Waals surface area contributed by atoms with Crippen LogP contribution >= 0.6 is 0 Å². The molecule has 0 fully saturated rings. The SMILES string of the molecule is O=C(O)CCc1ccc(Oc2cccc(Oc3ccc(C(F)(F)F)cc3)c2)cc1. The molecule has 0 aliphatic carbocycles. The van der Waals surface area contributed by atoms with E-state index in [2.05, 4.69) is 0 Å². The number of aliphatic carboxylic acids is 1. The lowest BCUT2D eigenvalue weighted by molar-refractivity contribution is -0.138. The number of aryl methyl sites for hydroxylation is 1. The Morgan fingerprint density at radius 1 is 0.793 bits per heavy atom. The van der Waals surface area contributed by atoms with Crippen LogP contribution in [0.1, 0.15) is 17.5 Å². The van der Waals surface area contributed by atoms with Crippen LogP contribution in [0.25, 0.3) is 0 Å². The molecule has 0 radical (unpaired) electrons. The third-order valence-corrected chi connectivity index (χ3v) is 4.01. The minimum atomic E-state index is -4.39. The van der Waals surface area contributed by atoms with Crippen LogP contribution in [0.3, 0.4) is 0 Å². The molecule has 4 nitrogen and oxygen atoms in total. The zero-order valence-corrected chi connectivity index (χ0v) is 15.1. The largest absolute Gasteiger partial charge is 0.481 e. The summed E-state index contributed by atoms with van der Waals surface area (Å²) >= 11 is 0. The summed E-state index contributed by atoms with van der Waals surface area (Å²) in [5, 5.41) is 8.72. The molecule has 0 aliphatic rings. The number of hydrogen-bond acceptors (Lipinski definition) is 3. The van der Waals surface area contributed by atoms with Crippen LogP contribution in [-0.4, -0.2) is 11.1 Å². The van der Waals surface area contributed by atoms with Crippen LogP contribution < -0.4 is 9.47 Å². The normalized spacial score (nSPS) is 11.1. The topological polar surface area (TPSA) is 55.8 Å². The van der Waals surface area contributed by atoms with E-state index >= 15 is 0 Å². The Hall–Kier alpha value is -3.48. The average Bonchev–Trinajstić information content (AvgIpc) is 2.67. The van der Waals surface area contributed by atoms with Crippen molar-refractivity contribution in [1.29, 1.82) is 0 Å². The summed E-state index contributed by atoms with van der Waals surface area (Å²) in [4.78, 5) is 10.6. The number of ether oxygens (including phenoxy) is 2. The molecule has 7 heteroatoms. The van der Waals surface area contributed by atoms with Crippen LogP contribution in [0.4, 0.5) is 13.2 Å². The van der Waals surface area contributed by atoms with Gasteiger partial charge in [0.2, 0.25) is 0 Å². The van der Waals surface area contributed by atoms with Gasteiger partial charge in [-0.1, -0.05) is 18.2 Å². The lowest BCUT2D eigenvalue weighted by atomic mass is 10.1. The molecule has 0 aromatic heterocycles. The highest BCUT2D eigenvalue weighted by Crippen LogP contribution is 2.32. The molecule has 0 amide bonds. The van der Waals surface area contributed by atoms with Crippen molar-refractivity contribution in [3.8, 4) is 23.0 Å². The highest BCUT2D eigenvalue weighted by molar-refractivity contribution is 5.67. The molecule has 0 aliphatic heterocycles. The zero-order valence-electron chi connectivity index (χ0n) is 15.1. The summed E-state index contributed by atoms with van der Waals surface area (Å²) in [6, 6.07) is 18.2. The Morgan fingerprint density at radius 2 is 1.31 bits per heavy atom. The second-order valence-corrected chi connectivity index (χ2v) is 6.24. The van der Waals surface area contributed by atoms with E-state index in [0.717, 1.165) is 17.7 Å². The van der Waals surface area contributed by atoms with Gasteiger partial charge in [-0.3, -0.25) is 4.79 Å². The lowest BCUT2D eigenvalue weighted by Crippen LogP contribution is -2.03. The summed E-state index contributed by atoms with van der Waals surface area (Å²) in [5.41, 5.74) is 0.146. The van der Waals surface area contributed by atoms with Crippen LogP contribution in [0.15, 0.2) is 72.8 Å². The highest BCUT2D eigenvalue weighted by Gasteiger charge is 2.30. The summed E-state index contributed by atoms with van der Waals surface area (Å²) in [7, 11) is 0. The molecule has 3 aromatic rings. The molecule has 0 heterocycles. The number of hydrogen-bond donors (Lipinski definition) is 1. The minimum absolute atomic E-state index is 0.0591. The number of alkyl halides is 3. The molecule has 0 spiro atoms. The Bertz CT molecular complexity index is 965. The predicted molar refractivity (Wildman–Crippen MR) is 100 cm³/mol. The van der Waals surface area contributed by atoms with E-state index in [1.165, 1.54) is 12.1 Å². The molecule has 0 bridgehead atoms. The molecule has 150 valence electrons. The van der Waals surface area contributed by atoms with Crippen LogP contribution in [0.5, 0.6) is 23.0 Å². The molecule has 0 atom stereocenters. The quantitative estimate of drug-likeness (QED) is 0.503. The monoisotopic (exact) mass is 402 g/mol. The molecule has 0 saturated heterocycles. The first-order chi connectivity index (χ1) is 13.8. The van der Waals surface area contributed by atoms with Crippen molar-refractivity contribution >= 4 is 5.97 Å². The second kappa shape index (κ2) is 8.68. The maximum Gasteiger partial charge on any atom is 0.416 e. The third-order valence-electron chi connectivity index (χ3n) is 4.01. The summed E-state index contributed by atoms with van der Waals surface area (Å²) in [5.74, 6) is 0.900. The molecular formula is C22H17F3O4. The van der Waals surface area contributed by atoms with Gasteiger partial charge in [-0.05, 0) is 60.5 Å². The standard InChI is InChI=1S/C22H17F3O4/c23-22(24,25)16-7-11-18(12-8-16)29-20-3-1-2-19(14-20)28-17-9-4-15(5-10-17)6-13-21(26)27/h1-5,7-12,14H,6,13H2,(H,26,27). The number of benzene rings is 3. The predicted octanol–water partition coefficient (Wildman–Crippen LogP) is 6.31. The van der Waals surface area contributed by atoms with Crippen molar-refractivity contribution in [3.05, 3.63) is 83.9 Å². The summed E-state index contributed by atoms with van der Waals surface area (Å²) in [6.07, 6.45) is -3.90. The van der Waals surface area contributed by atoms with E-state index in [0.29, 0.717) is 23.7 Å². The van der Waals surface area contributed by atoms with Crippen molar-refractivity contribution in [3.63, 3.8) is 0 Å². The summed E-state index contributed by atoms with van der Waals surface area (Å²) in [6.45, 7) is 0. The van der Waals surface area contributed by atoms with Gasteiger partial charge in [0.05, 0.1) is 5.56 Å². The van der Waals surface area contributed by atoms with E-state index < -0.39 is 17.7 Å². The van der Waals surface area contributed by atoms with E-state index in [1.807, 2.05) is 0 Å². The molecule has 0 saturated carbocycles. The van der Waals surface area contributed by atoms with Crippen molar-refractivity contribution in [2.45, 2.75) is 19.0 Å². The van der Waals surface area contributed by atoms with Gasteiger partial charge in [0.15, 0.2) is 0 Å². The van der Waals surface area contributed by atoms with Gasteiger partial charge in [-0.25, -0.2) is 0 Å². The van der Waals surface area contributed by atoms with Gasteiger partial charge >= 0.3 is 12.1 Å². The van der Waals surface area contributed by atoms with Crippen molar-refractivity contribution < 1.29 is 32.5 Å². The van der Waals surface area contributed by atoms with Gasteiger partial charge in [-0.15, -0.1) is 0 Å². The molecule has 29 heavy (non-hydrogen) atoms. The van der Waals surface area contributed by atoms with Crippen molar-refractivity contribution in [1.82, 2.24) is 0 Å². The molecule has 3 aromatic carbocycles. The minimum Gasteiger partial charge on any atom is -0.481 e. The zero-order chi connectivity index (χ0) is 20.9. The fraction of sp³-hybridized carbons (Fsp3) is 0.136. The first kappa shape index (κ1) is 20.3. The van der Waals surface area contributed by atoms with Crippen molar-refractivity contribution in [2.24, 2.45) is 0 Å². The second-order valence-electron chi connectivity index (χ2n) is 6.24. The maximum absolute atomic E-state index is 12.6. The molecule has 3 rings (SSSR count). The van der Waals surface area contributed by atoms with Gasteiger partial charge in [0.25, 0.3) is 0 Å². The van der Waals surface area contributed by atoms with E-state index in [9.17, 15) is 18.0 Å². The van der Waals surface area contributed by atoms with Gasteiger partial charge in [0, 0.05) is 12.5 Å². The van der Waals surface area contributed by atoms with Gasteiger partial charge in [-0.2, -0.15) is 13.2 Å². The fourth-order valence-corrected chi connectivity index (χ4v) is 2.56. The smallest absolute Gasteiger partial charge is 0.416 e. The number of carboxylic acid groups (broad SMARTS) is 1. The first-order valence-electron chi connectivity index (χ1n) is 8.73. The molecule has 0 unspecified atom stereocenters. The van der Waals surface area contributed by atoms with Gasteiger partial charge in [0.1, 0.15) is 23.0 Å². The van der Waals surface area contributed by atoms with Gasteiger partial charge < -0.3 is 14.6 Å². The number of halogens is 3. The van der Waals surface area contributed by atoms with E-state index in [1.54, 1.807) is 48.5 Å². The van der Waals surface area contributed by atoms with E-state index in [-0.39, 0.29) is 12.2 Å².